The van der Waals surface area contributed by atoms with Crippen LogP contribution in [0.3, 0.4) is 0 Å². The number of nitrogens with zero attached hydrogens (tertiary/aromatic N) is 1. The molecule has 7 heteroatoms. The number of hydrogen-bond donors (Lipinski definition) is 2. The number of likely N-dealkylation sites (tertiary alicyclic amines) is 1. The maximum atomic E-state index is 13.3. The SMILES string of the molecule is COc1cccc(NC(=O)C2CCC(c3ccccc3)N(C(=O)Nc3cccc(Cl)c3)C2)c1. The van der Waals surface area contributed by atoms with Crippen LogP contribution in [0.15, 0.2) is 78.9 Å². The van der Waals surface area contributed by atoms with Crippen molar-refractivity contribution in [2.45, 2.75) is 18.9 Å². The number of halogens is 1. The monoisotopic (exact) mass is 463 g/mol. The number of urea groups is 1. The number of methoxy groups -OCH3 is 1. The minimum atomic E-state index is -0.332. The molecule has 3 amide bonds. The van der Waals surface area contributed by atoms with Gasteiger partial charge < -0.3 is 20.3 Å². The lowest BCUT2D eigenvalue weighted by atomic mass is 9.88. The predicted molar refractivity (Wildman–Crippen MR) is 131 cm³/mol. The third-order valence-corrected chi connectivity index (χ3v) is 6.05. The molecule has 1 heterocycles. The first-order chi connectivity index (χ1) is 16.0. The van der Waals surface area contributed by atoms with Gasteiger partial charge in [-0.25, -0.2) is 4.79 Å². The van der Waals surface area contributed by atoms with Gasteiger partial charge in [-0.3, -0.25) is 4.79 Å². The van der Waals surface area contributed by atoms with E-state index in [-0.39, 0.29) is 23.9 Å². The van der Waals surface area contributed by atoms with Crippen molar-refractivity contribution in [1.82, 2.24) is 4.90 Å². The van der Waals surface area contributed by atoms with Crippen LogP contribution in [-0.2, 0) is 4.79 Å². The van der Waals surface area contributed by atoms with E-state index >= 15 is 0 Å². The van der Waals surface area contributed by atoms with Crippen LogP contribution in [-0.4, -0.2) is 30.5 Å². The summed E-state index contributed by atoms with van der Waals surface area (Å²) in [5.41, 5.74) is 2.33. The summed E-state index contributed by atoms with van der Waals surface area (Å²) in [6.45, 7) is 0.307. The molecule has 0 bridgehead atoms. The first kappa shape index (κ1) is 22.7. The van der Waals surface area contributed by atoms with Gasteiger partial charge in [0.25, 0.3) is 0 Å². The maximum absolute atomic E-state index is 13.3. The molecule has 0 aliphatic carbocycles. The first-order valence-corrected chi connectivity index (χ1v) is 11.2. The molecule has 2 unspecified atom stereocenters. The number of anilines is 2. The highest BCUT2D eigenvalue weighted by Gasteiger charge is 2.35. The minimum Gasteiger partial charge on any atom is -0.497 e. The Hall–Kier alpha value is -3.51. The number of carbonyl (C=O) groups excluding carboxylic acids is 2. The number of ether oxygens (including phenoxy) is 1. The van der Waals surface area contributed by atoms with Gasteiger partial charge in [-0.05, 0) is 48.7 Å². The molecule has 1 aliphatic heterocycles. The largest absolute Gasteiger partial charge is 0.497 e. The summed E-state index contributed by atoms with van der Waals surface area (Å²) in [5.74, 6) is 0.222. The normalized spacial score (nSPS) is 17.8. The molecular weight excluding hydrogens is 438 g/mol. The van der Waals surface area contributed by atoms with Gasteiger partial charge in [-0.15, -0.1) is 0 Å². The van der Waals surface area contributed by atoms with E-state index in [1.54, 1.807) is 42.3 Å². The summed E-state index contributed by atoms with van der Waals surface area (Å²) in [4.78, 5) is 28.1. The lowest BCUT2D eigenvalue weighted by molar-refractivity contribution is -0.121. The quantitative estimate of drug-likeness (QED) is 0.489. The second kappa shape index (κ2) is 10.4. The summed E-state index contributed by atoms with van der Waals surface area (Å²) in [6, 6.07) is 23.8. The van der Waals surface area contributed by atoms with Crippen molar-refractivity contribution in [1.29, 1.82) is 0 Å². The molecule has 3 aromatic carbocycles. The Morgan fingerprint density at radius 3 is 2.36 bits per heavy atom. The van der Waals surface area contributed by atoms with Crippen LogP contribution in [0.2, 0.25) is 5.02 Å². The van der Waals surface area contributed by atoms with E-state index in [1.165, 1.54) is 0 Å². The lowest BCUT2D eigenvalue weighted by Crippen LogP contribution is -2.47. The molecule has 0 spiro atoms. The second-order valence-electron chi connectivity index (χ2n) is 8.01. The van der Waals surface area contributed by atoms with Crippen molar-refractivity contribution in [3.63, 3.8) is 0 Å². The van der Waals surface area contributed by atoms with Crippen molar-refractivity contribution < 1.29 is 14.3 Å². The van der Waals surface area contributed by atoms with Gasteiger partial charge in [0.05, 0.1) is 19.1 Å². The highest BCUT2D eigenvalue weighted by Crippen LogP contribution is 2.34. The fraction of sp³-hybridized carbons (Fsp3) is 0.231. The van der Waals surface area contributed by atoms with E-state index in [9.17, 15) is 9.59 Å². The van der Waals surface area contributed by atoms with Crippen LogP contribution < -0.4 is 15.4 Å². The zero-order valence-corrected chi connectivity index (χ0v) is 19.1. The standard InChI is InChI=1S/C26H26ClN3O3/c1-33-23-12-6-11-22(16-23)28-25(31)19-13-14-24(18-7-3-2-4-8-18)30(17-19)26(32)29-21-10-5-9-20(27)15-21/h2-12,15-16,19,24H,13-14,17H2,1H3,(H,28,31)(H,29,32). The topological polar surface area (TPSA) is 70.7 Å². The third-order valence-electron chi connectivity index (χ3n) is 5.81. The fourth-order valence-corrected chi connectivity index (χ4v) is 4.33. The fourth-order valence-electron chi connectivity index (χ4n) is 4.14. The van der Waals surface area contributed by atoms with Crippen LogP contribution in [0.25, 0.3) is 0 Å². The van der Waals surface area contributed by atoms with Gasteiger partial charge >= 0.3 is 6.03 Å². The number of piperidine rings is 1. The highest BCUT2D eigenvalue weighted by atomic mass is 35.5. The maximum Gasteiger partial charge on any atom is 0.322 e. The van der Waals surface area contributed by atoms with Crippen LogP contribution in [0.4, 0.5) is 16.2 Å². The molecule has 170 valence electrons. The van der Waals surface area contributed by atoms with Gasteiger partial charge in [-0.1, -0.05) is 54.1 Å². The molecule has 2 N–H and O–H groups in total. The number of benzene rings is 3. The zero-order valence-electron chi connectivity index (χ0n) is 18.3. The van der Waals surface area contributed by atoms with Gasteiger partial charge in [0.15, 0.2) is 0 Å². The Bertz CT molecular complexity index is 1120. The third kappa shape index (κ3) is 5.65. The van der Waals surface area contributed by atoms with E-state index in [0.717, 1.165) is 5.56 Å². The summed E-state index contributed by atoms with van der Waals surface area (Å²) >= 11 is 6.08. The summed E-state index contributed by atoms with van der Waals surface area (Å²) in [7, 11) is 1.59. The van der Waals surface area contributed by atoms with E-state index in [0.29, 0.717) is 41.5 Å². The molecule has 6 nitrogen and oxygen atoms in total. The van der Waals surface area contributed by atoms with Gasteiger partial charge in [0.1, 0.15) is 5.75 Å². The van der Waals surface area contributed by atoms with Crippen molar-refractivity contribution in [3.05, 3.63) is 89.4 Å². The molecule has 2 atom stereocenters. The minimum absolute atomic E-state index is 0.115. The van der Waals surface area contributed by atoms with Crippen LogP contribution in [0.1, 0.15) is 24.4 Å². The van der Waals surface area contributed by atoms with E-state index in [4.69, 9.17) is 16.3 Å². The molecule has 0 radical (unpaired) electrons. The van der Waals surface area contributed by atoms with Crippen LogP contribution in [0, 0.1) is 5.92 Å². The molecule has 0 aromatic heterocycles. The summed E-state index contributed by atoms with van der Waals surface area (Å²) in [6.07, 6.45) is 1.36. The Labute approximate surface area is 198 Å². The van der Waals surface area contributed by atoms with E-state index in [2.05, 4.69) is 10.6 Å². The summed E-state index contributed by atoms with van der Waals surface area (Å²) in [5, 5.41) is 6.44. The average molecular weight is 464 g/mol. The van der Waals surface area contributed by atoms with Crippen molar-refractivity contribution in [2.24, 2.45) is 5.92 Å². The number of nitrogens with one attached hydrogen (secondary N) is 2. The Kier molecular flexibility index (Phi) is 7.15. The number of carbonyl (C=O) groups is 2. The Morgan fingerprint density at radius 1 is 0.909 bits per heavy atom. The second-order valence-corrected chi connectivity index (χ2v) is 8.45. The van der Waals surface area contributed by atoms with Crippen LogP contribution >= 0.6 is 11.6 Å². The number of hydrogen-bond acceptors (Lipinski definition) is 3. The molecular formula is C26H26ClN3O3. The molecule has 1 aliphatic rings. The molecule has 3 aromatic rings. The molecule has 0 saturated carbocycles. The molecule has 1 fully saturated rings. The Morgan fingerprint density at radius 2 is 1.64 bits per heavy atom. The molecule has 33 heavy (non-hydrogen) atoms. The smallest absolute Gasteiger partial charge is 0.322 e. The average Bonchev–Trinajstić information content (AvgIpc) is 2.84. The lowest BCUT2D eigenvalue weighted by Gasteiger charge is -2.39. The van der Waals surface area contributed by atoms with Crippen LogP contribution in [0.5, 0.6) is 5.75 Å². The molecule has 4 rings (SSSR count). The van der Waals surface area contributed by atoms with Gasteiger partial charge in [-0.2, -0.15) is 0 Å². The van der Waals surface area contributed by atoms with E-state index in [1.807, 2.05) is 48.5 Å². The zero-order chi connectivity index (χ0) is 23.2. The van der Waals surface area contributed by atoms with E-state index < -0.39 is 0 Å². The van der Waals surface area contributed by atoms with Gasteiger partial charge in [0.2, 0.25) is 5.91 Å². The van der Waals surface area contributed by atoms with Crippen molar-refractivity contribution >= 4 is 34.9 Å². The summed E-state index contributed by atoms with van der Waals surface area (Å²) < 4.78 is 5.24. The molecule has 1 saturated heterocycles. The highest BCUT2D eigenvalue weighted by molar-refractivity contribution is 6.30. The van der Waals surface area contributed by atoms with Crippen molar-refractivity contribution in [3.8, 4) is 5.75 Å². The first-order valence-electron chi connectivity index (χ1n) is 10.9. The number of amides is 3. The number of rotatable bonds is 5. The van der Waals surface area contributed by atoms with Gasteiger partial charge in [0, 0.05) is 29.0 Å². The van der Waals surface area contributed by atoms with Crippen molar-refractivity contribution in [2.75, 3.05) is 24.3 Å². The Balaban J connectivity index is 1.52. The predicted octanol–water partition coefficient (Wildman–Crippen LogP) is 5.97.